The summed E-state index contributed by atoms with van der Waals surface area (Å²) in [5.74, 6) is -0.261. The van der Waals surface area contributed by atoms with E-state index in [4.69, 9.17) is 11.6 Å². The molecule has 0 aliphatic carbocycles. The summed E-state index contributed by atoms with van der Waals surface area (Å²) in [6, 6.07) is 4.80. The molecule has 0 saturated carbocycles. The van der Waals surface area contributed by atoms with Crippen LogP contribution >= 0.6 is 11.6 Å². The summed E-state index contributed by atoms with van der Waals surface area (Å²) in [5, 5.41) is 12.4. The topological polar surface area (TPSA) is 75.1 Å². The highest BCUT2D eigenvalue weighted by atomic mass is 35.5. The van der Waals surface area contributed by atoms with E-state index in [1.54, 1.807) is 12.1 Å². The van der Waals surface area contributed by atoms with E-state index in [1.807, 2.05) is 6.92 Å². The molecule has 1 aromatic carbocycles. The van der Waals surface area contributed by atoms with Crippen molar-refractivity contribution in [1.82, 2.24) is 9.97 Å². The molecule has 0 fully saturated rings. The number of halogens is 1. The molecule has 0 spiro atoms. The standard InChI is InChI=1S/C12H10ClN3O2/c1-7-2-3-8(9(17)4-7)12(18)16-11-6-14-10(13)5-15-11/h2-6,17H,1H3,(H,15,16,18). The number of nitrogens with one attached hydrogen (secondary N) is 1. The van der Waals surface area contributed by atoms with Crippen LogP contribution < -0.4 is 5.32 Å². The average Bonchev–Trinajstić information content (AvgIpc) is 2.32. The number of phenols is 1. The minimum Gasteiger partial charge on any atom is -0.507 e. The molecule has 0 aliphatic heterocycles. The van der Waals surface area contributed by atoms with Gasteiger partial charge in [0.1, 0.15) is 10.9 Å². The zero-order valence-electron chi connectivity index (χ0n) is 9.51. The predicted octanol–water partition coefficient (Wildman–Crippen LogP) is 2.40. The third kappa shape index (κ3) is 2.75. The molecule has 0 radical (unpaired) electrons. The van der Waals surface area contributed by atoms with E-state index in [9.17, 15) is 9.90 Å². The number of phenolic OH excluding ortho intramolecular Hbond substituents is 1. The molecule has 0 unspecified atom stereocenters. The smallest absolute Gasteiger partial charge is 0.260 e. The van der Waals surface area contributed by atoms with E-state index in [0.717, 1.165) is 5.56 Å². The van der Waals surface area contributed by atoms with Gasteiger partial charge in [-0.2, -0.15) is 0 Å². The maximum Gasteiger partial charge on any atom is 0.260 e. The lowest BCUT2D eigenvalue weighted by molar-refractivity contribution is 0.102. The Bertz CT molecular complexity index is 584. The first-order valence-electron chi connectivity index (χ1n) is 5.15. The van der Waals surface area contributed by atoms with Gasteiger partial charge in [0.15, 0.2) is 5.82 Å². The molecule has 2 N–H and O–H groups in total. The highest BCUT2D eigenvalue weighted by molar-refractivity contribution is 6.29. The van der Waals surface area contributed by atoms with Gasteiger partial charge < -0.3 is 10.4 Å². The quantitative estimate of drug-likeness (QED) is 0.872. The molecule has 0 saturated heterocycles. The molecule has 18 heavy (non-hydrogen) atoms. The molecular weight excluding hydrogens is 254 g/mol. The van der Waals surface area contributed by atoms with E-state index in [1.165, 1.54) is 18.5 Å². The van der Waals surface area contributed by atoms with Crippen LogP contribution in [0.15, 0.2) is 30.6 Å². The first kappa shape index (κ1) is 12.3. The van der Waals surface area contributed by atoms with E-state index < -0.39 is 5.91 Å². The lowest BCUT2D eigenvalue weighted by Gasteiger charge is -2.06. The number of carbonyl (C=O) groups is 1. The largest absolute Gasteiger partial charge is 0.507 e. The molecule has 0 bridgehead atoms. The highest BCUT2D eigenvalue weighted by Gasteiger charge is 2.11. The van der Waals surface area contributed by atoms with Crippen LogP contribution in [0.3, 0.4) is 0 Å². The van der Waals surface area contributed by atoms with Gasteiger partial charge in [0.05, 0.1) is 18.0 Å². The van der Waals surface area contributed by atoms with Gasteiger partial charge in [-0.25, -0.2) is 9.97 Å². The Kier molecular flexibility index (Phi) is 3.43. The van der Waals surface area contributed by atoms with Crippen molar-refractivity contribution in [2.45, 2.75) is 6.92 Å². The van der Waals surface area contributed by atoms with E-state index in [0.29, 0.717) is 0 Å². The second kappa shape index (κ2) is 5.01. The summed E-state index contributed by atoms with van der Waals surface area (Å²) >= 11 is 5.58. The number of hydrogen-bond donors (Lipinski definition) is 2. The summed E-state index contributed by atoms with van der Waals surface area (Å²) in [6.45, 7) is 1.83. The first-order chi connectivity index (χ1) is 8.56. The lowest BCUT2D eigenvalue weighted by atomic mass is 10.1. The van der Waals surface area contributed by atoms with Gasteiger partial charge >= 0.3 is 0 Å². The van der Waals surface area contributed by atoms with Gasteiger partial charge in [0, 0.05) is 0 Å². The minimum atomic E-state index is -0.455. The number of aromatic hydroxyl groups is 1. The summed E-state index contributed by atoms with van der Waals surface area (Å²) in [7, 11) is 0. The van der Waals surface area contributed by atoms with Gasteiger partial charge in [-0.1, -0.05) is 17.7 Å². The first-order valence-corrected chi connectivity index (χ1v) is 5.52. The summed E-state index contributed by atoms with van der Waals surface area (Å²) < 4.78 is 0. The zero-order chi connectivity index (χ0) is 13.1. The fraction of sp³-hybridized carbons (Fsp3) is 0.0833. The zero-order valence-corrected chi connectivity index (χ0v) is 10.3. The third-order valence-electron chi connectivity index (χ3n) is 2.26. The Morgan fingerprint density at radius 3 is 2.72 bits per heavy atom. The molecular formula is C12H10ClN3O2. The number of rotatable bonds is 2. The van der Waals surface area contributed by atoms with Crippen LogP contribution in [0.1, 0.15) is 15.9 Å². The van der Waals surface area contributed by atoms with Crippen molar-refractivity contribution >= 4 is 23.3 Å². The van der Waals surface area contributed by atoms with Crippen LogP contribution in [0.4, 0.5) is 5.82 Å². The van der Waals surface area contributed by atoms with Crippen LogP contribution in [-0.2, 0) is 0 Å². The molecule has 0 aliphatic rings. The minimum absolute atomic E-state index is 0.0746. The molecule has 5 nitrogen and oxygen atoms in total. The van der Waals surface area contributed by atoms with Crippen LogP contribution in [0, 0.1) is 6.92 Å². The Labute approximate surface area is 108 Å². The van der Waals surface area contributed by atoms with E-state index >= 15 is 0 Å². The summed E-state index contributed by atoms with van der Waals surface area (Å²) in [6.07, 6.45) is 2.66. The fourth-order valence-corrected chi connectivity index (χ4v) is 1.49. The predicted molar refractivity (Wildman–Crippen MR) is 67.8 cm³/mol. The van der Waals surface area contributed by atoms with E-state index in [2.05, 4.69) is 15.3 Å². The normalized spacial score (nSPS) is 10.1. The molecule has 1 heterocycles. The molecule has 6 heteroatoms. The summed E-state index contributed by atoms with van der Waals surface area (Å²) in [5.41, 5.74) is 1.05. The number of aryl methyl sites for hydroxylation is 1. The molecule has 2 aromatic rings. The van der Waals surface area contributed by atoms with Crippen molar-refractivity contribution in [2.24, 2.45) is 0 Å². The summed E-state index contributed by atoms with van der Waals surface area (Å²) in [4.78, 5) is 19.5. The maximum atomic E-state index is 11.9. The van der Waals surface area contributed by atoms with Crippen LogP contribution in [0.2, 0.25) is 5.15 Å². The molecule has 1 amide bonds. The fourth-order valence-electron chi connectivity index (χ4n) is 1.39. The Morgan fingerprint density at radius 2 is 2.11 bits per heavy atom. The Balaban J connectivity index is 2.19. The van der Waals surface area contributed by atoms with Crippen LogP contribution in [-0.4, -0.2) is 21.0 Å². The maximum absolute atomic E-state index is 11.9. The Morgan fingerprint density at radius 1 is 1.33 bits per heavy atom. The third-order valence-corrected chi connectivity index (χ3v) is 2.45. The van der Waals surface area contributed by atoms with Crippen molar-refractivity contribution in [1.29, 1.82) is 0 Å². The van der Waals surface area contributed by atoms with Crippen LogP contribution in [0.25, 0.3) is 0 Å². The molecule has 0 atom stereocenters. The number of benzene rings is 1. The monoisotopic (exact) mass is 263 g/mol. The second-order valence-corrected chi connectivity index (χ2v) is 4.09. The van der Waals surface area contributed by atoms with Gasteiger partial charge in [0.25, 0.3) is 5.91 Å². The average molecular weight is 264 g/mol. The van der Waals surface area contributed by atoms with Crippen LogP contribution in [0.5, 0.6) is 5.75 Å². The number of carbonyl (C=O) groups excluding carboxylic acids is 1. The van der Waals surface area contributed by atoms with Gasteiger partial charge in [-0.05, 0) is 24.6 Å². The molecule has 1 aromatic heterocycles. The number of nitrogens with zero attached hydrogens (tertiary/aromatic N) is 2. The van der Waals surface area contributed by atoms with Gasteiger partial charge in [-0.3, -0.25) is 4.79 Å². The SMILES string of the molecule is Cc1ccc(C(=O)Nc2cnc(Cl)cn2)c(O)c1. The number of aromatic nitrogens is 2. The second-order valence-electron chi connectivity index (χ2n) is 3.70. The molecule has 92 valence electrons. The van der Waals surface area contributed by atoms with Crippen molar-refractivity contribution in [2.75, 3.05) is 5.32 Å². The Hall–Kier alpha value is -2.14. The van der Waals surface area contributed by atoms with Crippen molar-refractivity contribution in [3.8, 4) is 5.75 Å². The van der Waals surface area contributed by atoms with Crippen molar-refractivity contribution < 1.29 is 9.90 Å². The number of anilines is 1. The van der Waals surface area contributed by atoms with Gasteiger partial charge in [-0.15, -0.1) is 0 Å². The van der Waals surface area contributed by atoms with Crippen molar-refractivity contribution in [3.63, 3.8) is 0 Å². The highest BCUT2D eigenvalue weighted by Crippen LogP contribution is 2.19. The number of amides is 1. The number of hydrogen-bond acceptors (Lipinski definition) is 4. The van der Waals surface area contributed by atoms with E-state index in [-0.39, 0.29) is 22.3 Å². The van der Waals surface area contributed by atoms with Gasteiger partial charge in [0.2, 0.25) is 0 Å². The lowest BCUT2D eigenvalue weighted by Crippen LogP contribution is -2.13. The molecule has 2 rings (SSSR count). The van der Waals surface area contributed by atoms with Crippen molar-refractivity contribution in [3.05, 3.63) is 46.9 Å².